The van der Waals surface area contributed by atoms with Gasteiger partial charge in [-0.15, -0.1) is 0 Å². The minimum absolute atomic E-state index is 0.0217. The van der Waals surface area contributed by atoms with Gasteiger partial charge in [-0.2, -0.15) is 0 Å². The molecule has 35 heavy (non-hydrogen) atoms. The molecule has 0 spiro atoms. The largest absolute Gasteiger partial charge is 0.472 e. The van der Waals surface area contributed by atoms with Crippen molar-refractivity contribution in [2.75, 3.05) is 26.7 Å². The second-order valence-corrected chi connectivity index (χ2v) is 9.46. The monoisotopic (exact) mass is 475 g/mol. The first kappa shape index (κ1) is 24.8. The smallest absolute Gasteiger partial charge is 0.259 e. The number of aliphatic hydroxyl groups is 1. The third kappa shape index (κ3) is 5.66. The molecule has 1 aliphatic heterocycles. The minimum Gasteiger partial charge on any atom is -0.472 e. The highest BCUT2D eigenvalue weighted by atomic mass is 16.5. The van der Waals surface area contributed by atoms with Crippen molar-refractivity contribution in [2.45, 2.75) is 39.5 Å². The number of aryl methyl sites for hydroxylation is 1. The summed E-state index contributed by atoms with van der Waals surface area (Å²) in [6.07, 6.45) is 6.69. The zero-order chi connectivity index (χ0) is 24.9. The van der Waals surface area contributed by atoms with E-state index in [1.165, 1.54) is 6.33 Å². The number of benzene rings is 1. The summed E-state index contributed by atoms with van der Waals surface area (Å²) in [5.41, 5.74) is 4.42. The van der Waals surface area contributed by atoms with E-state index in [-0.39, 0.29) is 30.6 Å². The molecule has 1 aromatic carbocycles. The molecule has 1 amide bonds. The van der Waals surface area contributed by atoms with Crippen molar-refractivity contribution in [3.63, 3.8) is 0 Å². The summed E-state index contributed by atoms with van der Waals surface area (Å²) in [7, 11) is 2.02. The highest BCUT2D eigenvalue weighted by Gasteiger charge is 2.34. The zero-order valence-electron chi connectivity index (χ0n) is 20.8. The quantitative estimate of drug-likeness (QED) is 0.561. The maximum Gasteiger partial charge on any atom is 0.259 e. The van der Waals surface area contributed by atoms with E-state index >= 15 is 0 Å². The Balaban J connectivity index is 1.67. The highest BCUT2D eigenvalue weighted by Crippen LogP contribution is 2.31. The van der Waals surface area contributed by atoms with Crippen molar-refractivity contribution in [3.05, 3.63) is 71.9 Å². The van der Waals surface area contributed by atoms with E-state index in [2.05, 4.69) is 26.8 Å². The summed E-state index contributed by atoms with van der Waals surface area (Å²) in [4.78, 5) is 30.4. The Morgan fingerprint density at radius 1 is 1.20 bits per heavy atom. The molecule has 0 fully saturated rings. The number of nitrogens with zero attached hydrogens (tertiary/aromatic N) is 5. The fraction of sp³-hybridized carbons (Fsp3) is 0.407. The van der Waals surface area contributed by atoms with Crippen LogP contribution in [0.25, 0.3) is 11.1 Å². The molecule has 3 aromatic rings. The molecule has 0 radical (unpaired) electrons. The number of ether oxygens (including phenoxy) is 1. The van der Waals surface area contributed by atoms with Gasteiger partial charge in [-0.25, -0.2) is 15.0 Å². The van der Waals surface area contributed by atoms with Gasteiger partial charge in [0.15, 0.2) is 0 Å². The standard InChI is InChI=1S/C27H33N5O3/c1-18-7-5-6-8-23(18)22-9-24-26(30-12-22)35-25(15-31(4)14-21-10-28-17-29-11-21)19(2)13-32(27(24)34)20(3)16-33/h5-12,17,19-20,25,33H,13-16H2,1-4H3/t19-,20-,25-/m1/s1. The number of hydrogen-bond acceptors (Lipinski definition) is 7. The number of carbonyl (C=O) groups is 1. The number of hydrogen-bond donors (Lipinski definition) is 1. The Hall–Kier alpha value is -3.36. The van der Waals surface area contributed by atoms with Gasteiger partial charge in [-0.3, -0.25) is 9.69 Å². The van der Waals surface area contributed by atoms with Gasteiger partial charge in [0.1, 0.15) is 18.0 Å². The van der Waals surface area contributed by atoms with Crippen molar-refractivity contribution >= 4 is 5.91 Å². The Morgan fingerprint density at radius 2 is 1.94 bits per heavy atom. The normalized spacial score (nSPS) is 19.0. The van der Waals surface area contributed by atoms with Crippen LogP contribution in [0.15, 0.2) is 55.2 Å². The summed E-state index contributed by atoms with van der Waals surface area (Å²) in [6, 6.07) is 9.57. The maximum atomic E-state index is 13.6. The predicted octanol–water partition coefficient (Wildman–Crippen LogP) is 3.20. The average molecular weight is 476 g/mol. The predicted molar refractivity (Wildman–Crippen MR) is 134 cm³/mol. The lowest BCUT2D eigenvalue weighted by atomic mass is 9.98. The summed E-state index contributed by atoms with van der Waals surface area (Å²) in [6.45, 7) is 7.64. The van der Waals surface area contributed by atoms with Gasteiger partial charge in [0.2, 0.25) is 5.88 Å². The van der Waals surface area contributed by atoms with Gasteiger partial charge in [0.25, 0.3) is 5.91 Å². The molecule has 4 rings (SSSR count). The SMILES string of the molecule is Cc1ccccc1-c1cnc2c(c1)C(=O)N([C@H](C)CO)C[C@@H](C)[C@@H](CN(C)Cc1cncnc1)O2. The van der Waals surface area contributed by atoms with Gasteiger partial charge in [-0.1, -0.05) is 31.2 Å². The molecule has 0 saturated heterocycles. The first-order valence-electron chi connectivity index (χ1n) is 11.9. The second kappa shape index (κ2) is 10.9. The van der Waals surface area contributed by atoms with Crippen LogP contribution in [0.3, 0.4) is 0 Å². The van der Waals surface area contributed by atoms with Crippen LogP contribution in [0.2, 0.25) is 0 Å². The van der Waals surface area contributed by atoms with Gasteiger partial charge in [0.05, 0.1) is 12.6 Å². The number of rotatable bonds is 7. The Kier molecular flexibility index (Phi) is 7.73. The van der Waals surface area contributed by atoms with Crippen molar-refractivity contribution in [1.82, 2.24) is 24.8 Å². The van der Waals surface area contributed by atoms with Crippen LogP contribution in [-0.2, 0) is 6.54 Å². The van der Waals surface area contributed by atoms with Crippen LogP contribution >= 0.6 is 0 Å². The van der Waals surface area contributed by atoms with Crippen molar-refractivity contribution in [2.24, 2.45) is 5.92 Å². The van der Waals surface area contributed by atoms with Gasteiger partial charge < -0.3 is 14.7 Å². The topological polar surface area (TPSA) is 91.7 Å². The number of fused-ring (bicyclic) bond motifs is 1. The van der Waals surface area contributed by atoms with Crippen LogP contribution in [0.5, 0.6) is 5.88 Å². The number of aliphatic hydroxyl groups excluding tert-OH is 1. The summed E-state index contributed by atoms with van der Waals surface area (Å²) in [5, 5.41) is 9.88. The van der Waals surface area contributed by atoms with Crippen molar-refractivity contribution < 1.29 is 14.6 Å². The first-order chi connectivity index (χ1) is 16.9. The summed E-state index contributed by atoms with van der Waals surface area (Å²) >= 11 is 0. The Bertz CT molecular complexity index is 1160. The van der Waals surface area contributed by atoms with Gasteiger partial charge in [-0.05, 0) is 38.1 Å². The number of likely N-dealkylation sites (N-methyl/N-ethyl adjacent to an activating group) is 1. The summed E-state index contributed by atoms with van der Waals surface area (Å²) < 4.78 is 6.42. The van der Waals surface area contributed by atoms with Crippen LogP contribution in [0.1, 0.15) is 35.3 Å². The molecule has 0 unspecified atom stereocenters. The molecule has 184 valence electrons. The number of pyridine rings is 1. The Labute approximate surface area is 206 Å². The molecule has 8 heteroatoms. The van der Waals surface area contributed by atoms with Gasteiger partial charge >= 0.3 is 0 Å². The van der Waals surface area contributed by atoms with Gasteiger partial charge in [0, 0.05) is 55.3 Å². The van der Waals surface area contributed by atoms with E-state index in [9.17, 15) is 9.90 Å². The first-order valence-corrected chi connectivity index (χ1v) is 11.9. The lowest BCUT2D eigenvalue weighted by molar-refractivity contribution is 0.0325. The van der Waals surface area contributed by atoms with Crippen molar-refractivity contribution in [1.29, 1.82) is 0 Å². The van der Waals surface area contributed by atoms with Crippen LogP contribution < -0.4 is 4.74 Å². The van der Waals surface area contributed by atoms with Crippen LogP contribution in [0, 0.1) is 12.8 Å². The second-order valence-electron chi connectivity index (χ2n) is 9.46. The molecule has 0 aliphatic carbocycles. The molecular weight excluding hydrogens is 442 g/mol. The molecular formula is C27H33N5O3. The van der Waals surface area contributed by atoms with Crippen LogP contribution in [0.4, 0.5) is 0 Å². The molecule has 0 saturated carbocycles. The molecule has 3 heterocycles. The summed E-state index contributed by atoms with van der Waals surface area (Å²) in [5.74, 6) is 0.174. The number of aromatic nitrogens is 3. The molecule has 2 aromatic heterocycles. The fourth-order valence-electron chi connectivity index (χ4n) is 4.46. The van der Waals surface area contributed by atoms with E-state index in [0.717, 1.165) is 22.3 Å². The van der Waals surface area contributed by atoms with Crippen LogP contribution in [-0.4, -0.2) is 74.7 Å². The fourth-order valence-corrected chi connectivity index (χ4v) is 4.46. The van der Waals surface area contributed by atoms with E-state index in [1.807, 2.05) is 51.2 Å². The third-order valence-corrected chi connectivity index (χ3v) is 6.54. The lowest BCUT2D eigenvalue weighted by Gasteiger charge is -2.37. The van der Waals surface area contributed by atoms with E-state index in [4.69, 9.17) is 4.74 Å². The highest BCUT2D eigenvalue weighted by molar-refractivity contribution is 5.98. The zero-order valence-corrected chi connectivity index (χ0v) is 20.8. The maximum absolute atomic E-state index is 13.6. The molecule has 1 N–H and O–H groups in total. The van der Waals surface area contributed by atoms with E-state index < -0.39 is 0 Å². The molecule has 3 atom stereocenters. The minimum atomic E-state index is -0.321. The van der Waals surface area contributed by atoms with E-state index in [0.29, 0.717) is 31.1 Å². The molecule has 8 nitrogen and oxygen atoms in total. The number of amides is 1. The lowest BCUT2D eigenvalue weighted by Crippen LogP contribution is -2.49. The molecule has 0 bridgehead atoms. The average Bonchev–Trinajstić information content (AvgIpc) is 2.86. The van der Waals surface area contributed by atoms with E-state index in [1.54, 1.807) is 23.5 Å². The Morgan fingerprint density at radius 3 is 2.66 bits per heavy atom. The molecule has 1 aliphatic rings. The number of carbonyl (C=O) groups excluding carboxylic acids is 1. The third-order valence-electron chi connectivity index (χ3n) is 6.54. The van der Waals surface area contributed by atoms with Crippen molar-refractivity contribution in [3.8, 4) is 17.0 Å².